The van der Waals surface area contributed by atoms with Gasteiger partial charge in [0.15, 0.2) is 0 Å². The summed E-state index contributed by atoms with van der Waals surface area (Å²) in [7, 11) is -4.89. The van der Waals surface area contributed by atoms with Gasteiger partial charge in [-0.1, -0.05) is 53.4 Å². The molecular formula is C24H42O7S2. The Labute approximate surface area is 201 Å². The van der Waals surface area contributed by atoms with Crippen molar-refractivity contribution in [1.82, 2.24) is 0 Å². The molecule has 0 bridgehead atoms. The molecule has 0 spiro atoms. The average Bonchev–Trinajstić information content (AvgIpc) is 2.77. The normalized spacial score (nSPS) is 12.0. The molecule has 0 saturated heterocycles. The van der Waals surface area contributed by atoms with E-state index in [1.54, 1.807) is 23.0 Å². The van der Waals surface area contributed by atoms with Gasteiger partial charge in [0.25, 0.3) is 10.1 Å². The fraction of sp³-hybridized carbons (Fsp3) is 0.667. The van der Waals surface area contributed by atoms with E-state index in [-0.39, 0.29) is 10.0 Å². The molecule has 192 valence electrons. The smallest absolute Gasteiger partial charge is 0.335 e. The molecule has 0 fully saturated rings. The Kier molecular flexibility index (Phi) is 15.3. The summed E-state index contributed by atoms with van der Waals surface area (Å²) >= 11 is 0. The quantitative estimate of drug-likeness (QED) is 0.237. The third kappa shape index (κ3) is 12.5. The fourth-order valence-electron chi connectivity index (χ4n) is 3.41. The van der Waals surface area contributed by atoms with E-state index in [9.17, 15) is 18.0 Å². The molecule has 0 amide bonds. The summed E-state index contributed by atoms with van der Waals surface area (Å²) in [5.41, 5.74) is -1.07. The summed E-state index contributed by atoms with van der Waals surface area (Å²) in [6.45, 7) is 9.40. The second-order valence-corrected chi connectivity index (χ2v) is 13.8. The van der Waals surface area contributed by atoms with Crippen LogP contribution in [0.4, 0.5) is 0 Å². The number of unbranched alkanes of at least 4 members (excludes halogenated alkanes) is 4. The molecule has 0 aliphatic heterocycles. The van der Waals surface area contributed by atoms with Crippen LogP contribution in [0.1, 0.15) is 99.8 Å². The third-order valence-electron chi connectivity index (χ3n) is 5.42. The van der Waals surface area contributed by atoms with Crippen molar-refractivity contribution in [2.24, 2.45) is 0 Å². The Morgan fingerprint density at radius 1 is 0.667 bits per heavy atom. The van der Waals surface area contributed by atoms with E-state index < -0.39 is 38.1 Å². The molecule has 1 rings (SSSR count). The van der Waals surface area contributed by atoms with Crippen molar-refractivity contribution in [2.45, 2.75) is 84.0 Å². The van der Waals surface area contributed by atoms with Crippen molar-refractivity contribution in [3.63, 3.8) is 0 Å². The van der Waals surface area contributed by atoms with E-state index >= 15 is 0 Å². The van der Waals surface area contributed by atoms with Gasteiger partial charge in [0.1, 0.15) is 0 Å². The minimum atomic E-state index is -4.64. The number of carbonyl (C=O) groups is 2. The zero-order valence-corrected chi connectivity index (χ0v) is 22.1. The van der Waals surface area contributed by atoms with E-state index in [1.165, 1.54) is 51.4 Å². The monoisotopic (exact) mass is 506 g/mol. The van der Waals surface area contributed by atoms with Crippen LogP contribution in [0.5, 0.6) is 0 Å². The SMILES string of the molecule is CCCCS(CCCC)(CCCC)CCCC.O=C(O)c1cc(C(=O)O)cc(S(=O)(=O)O)c1. The minimum Gasteiger partial charge on any atom is -0.478 e. The van der Waals surface area contributed by atoms with Crippen molar-refractivity contribution < 1.29 is 32.8 Å². The lowest BCUT2D eigenvalue weighted by Gasteiger charge is -2.41. The molecule has 1 aromatic rings. The first-order chi connectivity index (χ1) is 15.5. The molecule has 9 heteroatoms. The van der Waals surface area contributed by atoms with Crippen molar-refractivity contribution >= 4 is 32.1 Å². The topological polar surface area (TPSA) is 129 Å². The highest BCUT2D eigenvalue weighted by Crippen LogP contribution is 2.51. The molecule has 0 heterocycles. The number of rotatable bonds is 15. The minimum absolute atomic E-state index is 0.245. The Morgan fingerprint density at radius 2 is 0.970 bits per heavy atom. The van der Waals surface area contributed by atoms with Crippen LogP contribution in [-0.4, -0.2) is 58.1 Å². The number of aromatic carboxylic acids is 2. The summed E-state index contributed by atoms with van der Waals surface area (Å²) < 4.78 is 30.2. The van der Waals surface area contributed by atoms with Crippen LogP contribution >= 0.6 is 10.0 Å². The van der Waals surface area contributed by atoms with Crippen LogP contribution in [0.2, 0.25) is 0 Å². The van der Waals surface area contributed by atoms with E-state index in [1.807, 2.05) is 0 Å². The molecule has 0 radical (unpaired) electrons. The van der Waals surface area contributed by atoms with Crippen molar-refractivity contribution in [3.05, 3.63) is 29.3 Å². The zero-order valence-electron chi connectivity index (χ0n) is 20.5. The maximum absolute atomic E-state index is 10.8. The summed E-state index contributed by atoms with van der Waals surface area (Å²) in [6.07, 6.45) is 11.5. The average molecular weight is 507 g/mol. The highest BCUT2D eigenvalue weighted by atomic mass is 32.3. The Bertz CT molecular complexity index is 765. The lowest BCUT2D eigenvalue weighted by atomic mass is 10.1. The molecule has 3 N–H and O–H groups in total. The Balaban J connectivity index is 0.000000621. The van der Waals surface area contributed by atoms with E-state index in [4.69, 9.17) is 14.8 Å². The standard InChI is InChI=1S/C16H36S.C8H6O7S/c1-5-9-13-17(14-10-6-2,15-11-7-3)16-12-8-4;9-7(10)4-1-5(8(11)12)3-6(2-4)16(13,14)15/h5-16H2,1-4H3;1-3H,(H,9,10)(H,11,12)(H,13,14,15). The van der Waals surface area contributed by atoms with Crippen LogP contribution in [0.15, 0.2) is 23.1 Å². The van der Waals surface area contributed by atoms with Crippen LogP contribution in [0, 0.1) is 0 Å². The first-order valence-corrected chi connectivity index (χ1v) is 15.5. The van der Waals surface area contributed by atoms with Crippen molar-refractivity contribution in [3.8, 4) is 0 Å². The van der Waals surface area contributed by atoms with Gasteiger partial charge in [-0.15, -0.1) is 0 Å². The number of carboxylic acids is 2. The number of hydrogen-bond donors (Lipinski definition) is 3. The zero-order chi connectivity index (χ0) is 25.5. The molecule has 0 saturated carbocycles. The van der Waals surface area contributed by atoms with Gasteiger partial charge >= 0.3 is 11.9 Å². The van der Waals surface area contributed by atoms with Crippen LogP contribution < -0.4 is 0 Å². The highest BCUT2D eigenvalue weighted by Gasteiger charge is 2.21. The maximum Gasteiger partial charge on any atom is 0.335 e. The molecule has 33 heavy (non-hydrogen) atoms. The Morgan fingerprint density at radius 3 is 1.18 bits per heavy atom. The van der Waals surface area contributed by atoms with Gasteiger partial charge in [0.2, 0.25) is 0 Å². The largest absolute Gasteiger partial charge is 0.478 e. The molecule has 0 unspecified atom stereocenters. The predicted octanol–water partition coefficient (Wildman–Crippen LogP) is 6.32. The van der Waals surface area contributed by atoms with Gasteiger partial charge in [-0.2, -0.15) is 8.42 Å². The molecule has 0 aromatic heterocycles. The molecule has 1 aromatic carbocycles. The van der Waals surface area contributed by atoms with Gasteiger partial charge in [0, 0.05) is 0 Å². The lowest BCUT2D eigenvalue weighted by molar-refractivity contribution is 0.0696. The van der Waals surface area contributed by atoms with E-state index in [2.05, 4.69) is 27.7 Å². The van der Waals surface area contributed by atoms with Gasteiger partial charge in [-0.3, -0.25) is 4.55 Å². The lowest BCUT2D eigenvalue weighted by Crippen LogP contribution is -2.18. The predicted molar refractivity (Wildman–Crippen MR) is 137 cm³/mol. The van der Waals surface area contributed by atoms with Gasteiger partial charge in [0.05, 0.1) is 16.0 Å². The van der Waals surface area contributed by atoms with Crippen LogP contribution in [0.25, 0.3) is 0 Å². The molecule has 7 nitrogen and oxygen atoms in total. The van der Waals surface area contributed by atoms with Gasteiger partial charge in [-0.05, 0) is 66.9 Å². The van der Waals surface area contributed by atoms with Gasteiger partial charge < -0.3 is 10.2 Å². The molecule has 0 aliphatic carbocycles. The number of hydrogen-bond acceptors (Lipinski definition) is 4. The van der Waals surface area contributed by atoms with Crippen molar-refractivity contribution in [2.75, 3.05) is 23.0 Å². The van der Waals surface area contributed by atoms with Crippen LogP contribution in [0.3, 0.4) is 0 Å². The number of benzene rings is 1. The fourth-order valence-corrected chi connectivity index (χ4v) is 8.79. The maximum atomic E-state index is 10.8. The summed E-state index contributed by atoms with van der Waals surface area (Å²) in [5.74, 6) is 3.31. The first kappa shape index (κ1) is 31.4. The molecule has 0 aliphatic rings. The third-order valence-corrected chi connectivity index (χ3v) is 10.9. The first-order valence-electron chi connectivity index (χ1n) is 11.8. The molecule has 0 atom stereocenters. The van der Waals surface area contributed by atoms with E-state index in [0.717, 1.165) is 6.07 Å². The van der Waals surface area contributed by atoms with Crippen LogP contribution in [-0.2, 0) is 10.1 Å². The summed E-state index contributed by atoms with van der Waals surface area (Å²) in [5, 5.41) is 17.2. The molecular weight excluding hydrogens is 464 g/mol. The van der Waals surface area contributed by atoms with Crippen molar-refractivity contribution in [1.29, 1.82) is 0 Å². The second kappa shape index (κ2) is 16.1. The Hall–Kier alpha value is -1.58. The second-order valence-electron chi connectivity index (χ2n) is 8.29. The summed E-state index contributed by atoms with van der Waals surface area (Å²) in [4.78, 5) is 20.4. The van der Waals surface area contributed by atoms with Gasteiger partial charge in [-0.25, -0.2) is 19.6 Å². The highest BCUT2D eigenvalue weighted by molar-refractivity contribution is 8.33. The number of carboxylic acid groups (broad SMARTS) is 2. The summed E-state index contributed by atoms with van der Waals surface area (Å²) in [6, 6.07) is 2.13. The van der Waals surface area contributed by atoms with E-state index in [0.29, 0.717) is 12.1 Å².